The molecule has 0 bridgehead atoms. The molecule has 0 aromatic heterocycles. The Morgan fingerprint density at radius 3 is 2.74 bits per heavy atom. The summed E-state index contributed by atoms with van der Waals surface area (Å²) in [5, 5.41) is 3.33. The van der Waals surface area contributed by atoms with Crippen LogP contribution in [0.1, 0.15) is 31.4 Å². The first-order valence-corrected chi connectivity index (χ1v) is 7.13. The van der Waals surface area contributed by atoms with E-state index in [4.69, 9.17) is 22.7 Å². The van der Waals surface area contributed by atoms with Gasteiger partial charge in [-0.05, 0) is 37.0 Å². The summed E-state index contributed by atoms with van der Waals surface area (Å²) in [5.74, 6) is 0.686. The van der Waals surface area contributed by atoms with Crippen molar-refractivity contribution in [2.24, 2.45) is 11.7 Å². The Labute approximate surface area is 121 Å². The first kappa shape index (κ1) is 15.9. The Balaban J connectivity index is 2.40. The summed E-state index contributed by atoms with van der Waals surface area (Å²) in [5.41, 5.74) is 8.77. The second-order valence-corrected chi connectivity index (χ2v) is 5.57. The van der Waals surface area contributed by atoms with Crippen molar-refractivity contribution in [2.75, 3.05) is 25.1 Å². The lowest BCUT2D eigenvalue weighted by atomic mass is 10.1. The number of nitrogens with one attached hydrogen (secondary N) is 1. The average Bonchev–Trinajstić information content (AvgIpc) is 2.33. The Morgan fingerprint density at radius 2 is 2.11 bits per heavy atom. The molecular formula is C15H24N2OS. The molecule has 0 aliphatic heterocycles. The van der Waals surface area contributed by atoms with Gasteiger partial charge in [0, 0.05) is 24.4 Å². The van der Waals surface area contributed by atoms with Crippen molar-refractivity contribution in [3.63, 3.8) is 0 Å². The Morgan fingerprint density at radius 1 is 1.37 bits per heavy atom. The summed E-state index contributed by atoms with van der Waals surface area (Å²) in [6.07, 6.45) is 1.10. The molecule has 0 amide bonds. The second-order valence-electron chi connectivity index (χ2n) is 5.13. The maximum Gasteiger partial charge on any atom is 0.106 e. The van der Waals surface area contributed by atoms with Crippen LogP contribution in [0.2, 0.25) is 0 Å². The summed E-state index contributed by atoms with van der Waals surface area (Å²) >= 11 is 5.05. The largest absolute Gasteiger partial charge is 0.389 e. The highest BCUT2D eigenvalue weighted by Gasteiger charge is 2.04. The van der Waals surface area contributed by atoms with Crippen molar-refractivity contribution in [3.05, 3.63) is 29.3 Å². The topological polar surface area (TPSA) is 47.3 Å². The van der Waals surface area contributed by atoms with Crippen molar-refractivity contribution >= 4 is 22.9 Å². The molecule has 0 atom stereocenters. The standard InChI is InChI=1S/C15H24N2OS/c1-11(2)6-8-18-9-7-17-14-10-12(3)4-5-13(14)15(16)19/h4-5,10-11,17H,6-9H2,1-3H3,(H2,16,19). The predicted octanol–water partition coefficient (Wildman–Crippen LogP) is 3.10. The number of rotatable bonds is 8. The first-order chi connectivity index (χ1) is 9.00. The lowest BCUT2D eigenvalue weighted by Gasteiger charge is -2.12. The van der Waals surface area contributed by atoms with E-state index in [0.717, 1.165) is 30.8 Å². The number of hydrogen-bond acceptors (Lipinski definition) is 3. The van der Waals surface area contributed by atoms with Gasteiger partial charge in [0.1, 0.15) is 4.99 Å². The van der Waals surface area contributed by atoms with Gasteiger partial charge in [0.05, 0.1) is 6.61 Å². The van der Waals surface area contributed by atoms with Gasteiger partial charge in [-0.1, -0.05) is 32.1 Å². The van der Waals surface area contributed by atoms with Gasteiger partial charge in [0.15, 0.2) is 0 Å². The van der Waals surface area contributed by atoms with E-state index in [0.29, 0.717) is 17.5 Å². The van der Waals surface area contributed by atoms with E-state index in [1.54, 1.807) is 0 Å². The fourth-order valence-electron chi connectivity index (χ4n) is 1.70. The lowest BCUT2D eigenvalue weighted by Crippen LogP contribution is -2.16. The van der Waals surface area contributed by atoms with Gasteiger partial charge in [0.25, 0.3) is 0 Å². The fourth-order valence-corrected chi connectivity index (χ4v) is 1.88. The van der Waals surface area contributed by atoms with E-state index >= 15 is 0 Å². The number of nitrogens with two attached hydrogens (primary N) is 1. The van der Waals surface area contributed by atoms with Crippen molar-refractivity contribution in [2.45, 2.75) is 27.2 Å². The quantitative estimate of drug-likeness (QED) is 0.567. The van der Waals surface area contributed by atoms with Crippen LogP contribution in [0.5, 0.6) is 0 Å². The summed E-state index contributed by atoms with van der Waals surface area (Å²) < 4.78 is 5.57. The zero-order valence-electron chi connectivity index (χ0n) is 12.0. The van der Waals surface area contributed by atoms with Crippen LogP contribution >= 0.6 is 12.2 Å². The first-order valence-electron chi connectivity index (χ1n) is 6.72. The highest BCUT2D eigenvalue weighted by atomic mass is 32.1. The molecule has 0 heterocycles. The van der Waals surface area contributed by atoms with Gasteiger partial charge in [-0.25, -0.2) is 0 Å². The molecule has 0 aliphatic rings. The molecule has 0 spiro atoms. The molecule has 0 fully saturated rings. The Bertz CT molecular complexity index is 419. The van der Waals surface area contributed by atoms with Gasteiger partial charge < -0.3 is 15.8 Å². The van der Waals surface area contributed by atoms with Crippen LogP contribution < -0.4 is 11.1 Å². The molecule has 0 radical (unpaired) electrons. The van der Waals surface area contributed by atoms with E-state index in [9.17, 15) is 0 Å². The van der Waals surface area contributed by atoms with E-state index in [1.807, 2.05) is 19.1 Å². The van der Waals surface area contributed by atoms with Crippen molar-refractivity contribution in [1.29, 1.82) is 0 Å². The fraction of sp³-hybridized carbons (Fsp3) is 0.533. The zero-order valence-corrected chi connectivity index (χ0v) is 12.8. The van der Waals surface area contributed by atoms with Crippen molar-refractivity contribution in [3.8, 4) is 0 Å². The minimum absolute atomic E-state index is 0.420. The molecule has 0 unspecified atom stereocenters. The molecule has 0 saturated carbocycles. The van der Waals surface area contributed by atoms with Gasteiger partial charge >= 0.3 is 0 Å². The third kappa shape index (κ3) is 6.03. The van der Waals surface area contributed by atoms with Crippen molar-refractivity contribution < 1.29 is 4.74 Å². The lowest BCUT2D eigenvalue weighted by molar-refractivity contribution is 0.132. The molecule has 0 saturated heterocycles. The molecule has 0 aliphatic carbocycles. The highest BCUT2D eigenvalue weighted by Crippen LogP contribution is 2.17. The summed E-state index contributed by atoms with van der Waals surface area (Å²) in [6.45, 7) is 8.71. The molecule has 1 aromatic rings. The Kier molecular flexibility index (Phi) is 6.81. The van der Waals surface area contributed by atoms with Gasteiger partial charge in [-0.3, -0.25) is 0 Å². The average molecular weight is 280 g/mol. The smallest absolute Gasteiger partial charge is 0.106 e. The normalized spacial score (nSPS) is 10.7. The molecular weight excluding hydrogens is 256 g/mol. The number of thiocarbonyl (C=S) groups is 1. The molecule has 3 N–H and O–H groups in total. The third-order valence-electron chi connectivity index (χ3n) is 2.84. The SMILES string of the molecule is Cc1ccc(C(N)=S)c(NCCOCCC(C)C)c1. The Hall–Kier alpha value is -1.13. The summed E-state index contributed by atoms with van der Waals surface area (Å²) in [4.78, 5) is 0.420. The number of benzene rings is 1. The number of anilines is 1. The van der Waals surface area contributed by atoms with Crippen LogP contribution in [0.15, 0.2) is 18.2 Å². The maximum atomic E-state index is 5.71. The predicted molar refractivity (Wildman–Crippen MR) is 85.8 cm³/mol. The zero-order chi connectivity index (χ0) is 14.3. The van der Waals surface area contributed by atoms with Crippen LogP contribution in [0, 0.1) is 12.8 Å². The van der Waals surface area contributed by atoms with E-state index < -0.39 is 0 Å². The van der Waals surface area contributed by atoms with Crippen LogP contribution in [0.4, 0.5) is 5.69 Å². The van der Waals surface area contributed by atoms with Gasteiger partial charge in [-0.2, -0.15) is 0 Å². The maximum absolute atomic E-state index is 5.71. The minimum Gasteiger partial charge on any atom is -0.389 e. The van der Waals surface area contributed by atoms with Crippen LogP contribution in [0.25, 0.3) is 0 Å². The summed E-state index contributed by atoms with van der Waals surface area (Å²) in [7, 11) is 0. The van der Waals surface area contributed by atoms with E-state index in [2.05, 4.69) is 25.2 Å². The van der Waals surface area contributed by atoms with Gasteiger partial charge in [-0.15, -0.1) is 0 Å². The van der Waals surface area contributed by atoms with Crippen LogP contribution in [0.3, 0.4) is 0 Å². The summed E-state index contributed by atoms with van der Waals surface area (Å²) in [6, 6.07) is 6.03. The minimum atomic E-state index is 0.420. The second kappa shape index (κ2) is 8.12. The third-order valence-corrected chi connectivity index (χ3v) is 3.06. The molecule has 3 nitrogen and oxygen atoms in total. The number of ether oxygens (including phenoxy) is 1. The monoisotopic (exact) mass is 280 g/mol. The van der Waals surface area contributed by atoms with Gasteiger partial charge in [0.2, 0.25) is 0 Å². The van der Waals surface area contributed by atoms with E-state index in [1.165, 1.54) is 5.56 Å². The molecule has 19 heavy (non-hydrogen) atoms. The van der Waals surface area contributed by atoms with E-state index in [-0.39, 0.29) is 0 Å². The number of hydrogen-bond donors (Lipinski definition) is 2. The molecule has 1 aromatic carbocycles. The molecule has 106 valence electrons. The molecule has 4 heteroatoms. The molecule has 1 rings (SSSR count). The van der Waals surface area contributed by atoms with Crippen LogP contribution in [-0.2, 0) is 4.74 Å². The van der Waals surface area contributed by atoms with Crippen molar-refractivity contribution in [1.82, 2.24) is 0 Å². The highest BCUT2D eigenvalue weighted by molar-refractivity contribution is 7.80. The number of aryl methyl sites for hydroxylation is 1. The van der Waals surface area contributed by atoms with Crippen LogP contribution in [-0.4, -0.2) is 24.7 Å².